The molecule has 1 aliphatic carbocycles. The third kappa shape index (κ3) is 5.38. The Morgan fingerprint density at radius 2 is 1.60 bits per heavy atom. The topological polar surface area (TPSA) is 76.1 Å². The van der Waals surface area contributed by atoms with Gasteiger partial charge in [-0.1, -0.05) is 73.3 Å². The maximum atomic E-state index is 12.8. The Morgan fingerprint density at radius 3 is 2.17 bits per heavy atom. The maximum absolute atomic E-state index is 12.8. The Bertz CT molecular complexity index is 1160. The summed E-state index contributed by atoms with van der Waals surface area (Å²) >= 11 is 0. The van der Waals surface area contributed by atoms with E-state index in [0.717, 1.165) is 33.6 Å². The van der Waals surface area contributed by atoms with Crippen LogP contribution in [0.5, 0.6) is 5.75 Å². The first-order valence-electron chi connectivity index (χ1n) is 11.6. The molecule has 0 fully saturated rings. The number of carboxylic acid groups (broad SMARTS) is 1. The lowest BCUT2D eigenvalue weighted by molar-refractivity contribution is -0.142. The van der Waals surface area contributed by atoms with Gasteiger partial charge in [0.1, 0.15) is 25.0 Å². The van der Waals surface area contributed by atoms with E-state index in [-0.39, 0.29) is 18.9 Å². The zero-order chi connectivity index (χ0) is 24.8. The third-order valence-electron chi connectivity index (χ3n) is 6.37. The fourth-order valence-corrected chi connectivity index (χ4v) is 4.52. The van der Waals surface area contributed by atoms with Crippen molar-refractivity contribution >= 4 is 12.1 Å². The van der Waals surface area contributed by atoms with Crippen LogP contribution >= 0.6 is 0 Å². The second-order valence-electron chi connectivity index (χ2n) is 8.55. The number of carbonyl (C=O) groups is 2. The highest BCUT2D eigenvalue weighted by Crippen LogP contribution is 2.44. The Kier molecular flexibility index (Phi) is 7.51. The van der Waals surface area contributed by atoms with E-state index in [0.29, 0.717) is 13.0 Å². The third-order valence-corrected chi connectivity index (χ3v) is 6.37. The highest BCUT2D eigenvalue weighted by molar-refractivity contribution is 5.81. The molecule has 1 amide bonds. The molecule has 0 bridgehead atoms. The van der Waals surface area contributed by atoms with Crippen molar-refractivity contribution in [2.75, 3.05) is 20.3 Å². The van der Waals surface area contributed by atoms with Gasteiger partial charge in [0.05, 0.1) is 0 Å². The van der Waals surface area contributed by atoms with Gasteiger partial charge >= 0.3 is 12.1 Å². The van der Waals surface area contributed by atoms with Crippen LogP contribution in [0.2, 0.25) is 0 Å². The number of carboxylic acids is 1. The van der Waals surface area contributed by atoms with E-state index in [4.69, 9.17) is 9.47 Å². The molecule has 0 heterocycles. The average molecular weight is 472 g/mol. The molecule has 3 aromatic carbocycles. The van der Waals surface area contributed by atoms with Gasteiger partial charge in [0.25, 0.3) is 0 Å². The second-order valence-corrected chi connectivity index (χ2v) is 8.55. The predicted molar refractivity (Wildman–Crippen MR) is 135 cm³/mol. The molecule has 0 aliphatic heterocycles. The second kappa shape index (κ2) is 10.9. The van der Waals surface area contributed by atoms with E-state index in [9.17, 15) is 14.7 Å². The molecular weight excluding hydrogens is 442 g/mol. The number of carbonyl (C=O) groups excluding carboxylic acids is 1. The van der Waals surface area contributed by atoms with Crippen LogP contribution in [-0.4, -0.2) is 48.4 Å². The summed E-state index contributed by atoms with van der Waals surface area (Å²) in [6.45, 7) is 4.19. The number of hydrogen-bond donors (Lipinski definition) is 1. The zero-order valence-corrected chi connectivity index (χ0v) is 19.7. The van der Waals surface area contributed by atoms with Gasteiger partial charge in [-0.15, -0.1) is 0 Å². The molecule has 0 radical (unpaired) electrons. The van der Waals surface area contributed by atoms with Gasteiger partial charge in [-0.2, -0.15) is 0 Å². The Balaban J connectivity index is 1.38. The monoisotopic (exact) mass is 471 g/mol. The van der Waals surface area contributed by atoms with E-state index >= 15 is 0 Å². The number of benzene rings is 3. The summed E-state index contributed by atoms with van der Waals surface area (Å²) < 4.78 is 11.1. The summed E-state index contributed by atoms with van der Waals surface area (Å²) in [6.07, 6.45) is 1.79. The molecule has 0 saturated carbocycles. The highest BCUT2D eigenvalue weighted by Gasteiger charge is 2.31. The number of fused-ring (bicyclic) bond motifs is 3. The maximum Gasteiger partial charge on any atom is 0.410 e. The summed E-state index contributed by atoms with van der Waals surface area (Å²) in [5.41, 5.74) is 5.46. The first-order chi connectivity index (χ1) is 17.0. The van der Waals surface area contributed by atoms with E-state index in [2.05, 4.69) is 18.7 Å². The quantitative estimate of drug-likeness (QED) is 0.394. The summed E-state index contributed by atoms with van der Waals surface area (Å²) in [5, 5.41) is 9.77. The Hall–Kier alpha value is -4.06. The number of amides is 1. The molecule has 0 spiro atoms. The molecule has 3 aromatic rings. The minimum atomic E-state index is -1.06. The molecule has 1 unspecified atom stereocenters. The summed E-state index contributed by atoms with van der Waals surface area (Å²) in [7, 11) is 1.48. The van der Waals surface area contributed by atoms with Crippen molar-refractivity contribution in [2.24, 2.45) is 0 Å². The van der Waals surface area contributed by atoms with E-state index in [1.54, 1.807) is 6.08 Å². The van der Waals surface area contributed by atoms with Crippen molar-refractivity contribution < 1.29 is 24.2 Å². The van der Waals surface area contributed by atoms with Crippen molar-refractivity contribution in [2.45, 2.75) is 24.8 Å². The van der Waals surface area contributed by atoms with Crippen molar-refractivity contribution in [3.63, 3.8) is 0 Å². The smallest absolute Gasteiger partial charge is 0.410 e. The van der Waals surface area contributed by atoms with Gasteiger partial charge in [0.15, 0.2) is 0 Å². The molecule has 1 N–H and O–H groups in total. The summed E-state index contributed by atoms with van der Waals surface area (Å²) in [4.78, 5) is 26.0. The fourth-order valence-electron chi connectivity index (χ4n) is 4.52. The summed E-state index contributed by atoms with van der Waals surface area (Å²) in [6, 6.07) is 22.6. The van der Waals surface area contributed by atoms with Gasteiger partial charge in [0, 0.05) is 13.0 Å². The molecule has 1 aliphatic rings. The number of rotatable bonds is 10. The lowest BCUT2D eigenvalue weighted by Crippen LogP contribution is -2.43. The molecule has 0 saturated heterocycles. The van der Waals surface area contributed by atoms with Crippen molar-refractivity contribution in [3.05, 3.63) is 102 Å². The average Bonchev–Trinajstić information content (AvgIpc) is 3.20. The van der Waals surface area contributed by atoms with Crippen LogP contribution in [0, 0.1) is 0 Å². The molecule has 6 heteroatoms. The normalized spacial score (nSPS) is 12.8. The predicted octanol–water partition coefficient (Wildman–Crippen LogP) is 5.52. The lowest BCUT2D eigenvalue weighted by atomic mass is 9.98. The number of aryl methyl sites for hydroxylation is 1. The van der Waals surface area contributed by atoms with E-state index in [1.165, 1.54) is 11.9 Å². The van der Waals surface area contributed by atoms with Gasteiger partial charge in [-0.05, 0) is 52.8 Å². The van der Waals surface area contributed by atoms with Crippen LogP contribution in [0.3, 0.4) is 0 Å². The summed E-state index contributed by atoms with van der Waals surface area (Å²) in [5.74, 6) is -0.420. The van der Waals surface area contributed by atoms with Crippen molar-refractivity contribution in [1.82, 2.24) is 4.90 Å². The van der Waals surface area contributed by atoms with Gasteiger partial charge < -0.3 is 14.6 Å². The SMILES string of the molecule is C=CCOc1ccc(CCC(C(=O)O)N(C)C(=O)OCC2c3ccccc3-c3ccccc32)cc1. The van der Waals surface area contributed by atoms with Crippen LogP contribution in [0.25, 0.3) is 11.1 Å². The molecular formula is C29H29NO5. The molecule has 1 atom stereocenters. The first-order valence-corrected chi connectivity index (χ1v) is 11.6. The van der Waals surface area contributed by atoms with Crippen molar-refractivity contribution in [1.29, 1.82) is 0 Å². The molecule has 4 rings (SSSR count). The van der Waals surface area contributed by atoms with Crippen LogP contribution in [0.15, 0.2) is 85.5 Å². The van der Waals surface area contributed by atoms with Crippen LogP contribution in [0.1, 0.15) is 29.0 Å². The molecule has 0 aromatic heterocycles. The lowest BCUT2D eigenvalue weighted by Gasteiger charge is -2.25. The van der Waals surface area contributed by atoms with Gasteiger partial charge in [0.2, 0.25) is 0 Å². The van der Waals surface area contributed by atoms with Crippen LogP contribution < -0.4 is 4.74 Å². The van der Waals surface area contributed by atoms with Gasteiger partial charge in [-0.25, -0.2) is 9.59 Å². The zero-order valence-electron chi connectivity index (χ0n) is 19.7. The fraction of sp³-hybridized carbons (Fsp3) is 0.241. The highest BCUT2D eigenvalue weighted by atomic mass is 16.6. The standard InChI is InChI=1S/C29H29NO5/c1-3-18-34-21-15-12-20(13-16-21)14-17-27(28(31)32)30(2)29(33)35-19-26-24-10-6-4-8-22(24)23-9-5-7-11-25(23)26/h3-13,15-16,26-27H,1,14,17-19H2,2H3,(H,31,32). The molecule has 6 nitrogen and oxygen atoms in total. The number of nitrogens with zero attached hydrogens (tertiary/aromatic N) is 1. The Labute approximate surface area is 205 Å². The molecule has 35 heavy (non-hydrogen) atoms. The molecule has 180 valence electrons. The van der Waals surface area contributed by atoms with Gasteiger partial charge in [-0.3, -0.25) is 4.90 Å². The van der Waals surface area contributed by atoms with Crippen LogP contribution in [-0.2, 0) is 16.0 Å². The number of ether oxygens (including phenoxy) is 2. The van der Waals surface area contributed by atoms with Crippen LogP contribution in [0.4, 0.5) is 4.79 Å². The number of likely N-dealkylation sites (N-methyl/N-ethyl adjacent to an activating group) is 1. The first kappa shape index (κ1) is 24.1. The van der Waals surface area contributed by atoms with Crippen molar-refractivity contribution in [3.8, 4) is 16.9 Å². The van der Waals surface area contributed by atoms with E-state index in [1.807, 2.05) is 60.7 Å². The largest absolute Gasteiger partial charge is 0.490 e. The van der Waals surface area contributed by atoms with E-state index < -0.39 is 18.1 Å². The minimum Gasteiger partial charge on any atom is -0.490 e. The Morgan fingerprint density at radius 1 is 1.00 bits per heavy atom. The minimum absolute atomic E-state index is 0.0788. The number of hydrogen-bond acceptors (Lipinski definition) is 4. The number of aliphatic carboxylic acids is 1.